The summed E-state index contributed by atoms with van der Waals surface area (Å²) in [7, 11) is 0. The van der Waals surface area contributed by atoms with Crippen LogP contribution in [0.25, 0.3) is 0 Å². The van der Waals surface area contributed by atoms with Crippen molar-refractivity contribution in [1.82, 2.24) is 15.5 Å². The number of anilines is 1. The van der Waals surface area contributed by atoms with Crippen molar-refractivity contribution in [3.63, 3.8) is 0 Å². The summed E-state index contributed by atoms with van der Waals surface area (Å²) in [4.78, 5) is 0. The molecule has 0 saturated carbocycles. The quantitative estimate of drug-likeness (QED) is 0.719. The Bertz CT molecular complexity index is 353. The van der Waals surface area contributed by atoms with Crippen LogP contribution in [-0.4, -0.2) is 22.8 Å². The van der Waals surface area contributed by atoms with E-state index in [1.54, 1.807) is 0 Å². The molecule has 3 unspecified atom stereocenters. The molecule has 0 amide bonds. The SMILES string of the molecule is CCCNC(C)c1nnc(NC(C)CC(C)CC)o1. The zero-order valence-corrected chi connectivity index (χ0v) is 12.9. The number of aromatic nitrogens is 2. The molecule has 0 aliphatic rings. The van der Waals surface area contributed by atoms with Crippen molar-refractivity contribution in [2.45, 2.75) is 66.0 Å². The molecule has 110 valence electrons. The fourth-order valence-corrected chi connectivity index (χ4v) is 1.96. The first-order valence-electron chi connectivity index (χ1n) is 7.40. The molecule has 0 aliphatic carbocycles. The van der Waals surface area contributed by atoms with Crippen LogP contribution >= 0.6 is 0 Å². The summed E-state index contributed by atoms with van der Waals surface area (Å²) < 4.78 is 5.63. The van der Waals surface area contributed by atoms with Gasteiger partial charge >= 0.3 is 6.01 Å². The Morgan fingerprint density at radius 1 is 1.16 bits per heavy atom. The maximum atomic E-state index is 5.63. The van der Waals surface area contributed by atoms with E-state index in [1.807, 2.05) is 6.92 Å². The summed E-state index contributed by atoms with van der Waals surface area (Å²) in [5, 5.41) is 14.7. The fourth-order valence-electron chi connectivity index (χ4n) is 1.96. The van der Waals surface area contributed by atoms with Crippen LogP contribution in [0, 0.1) is 5.92 Å². The van der Waals surface area contributed by atoms with Gasteiger partial charge in [-0.15, -0.1) is 5.10 Å². The second-order valence-electron chi connectivity index (χ2n) is 5.42. The first-order valence-corrected chi connectivity index (χ1v) is 7.40. The van der Waals surface area contributed by atoms with Crippen LogP contribution in [0.2, 0.25) is 0 Å². The molecule has 5 nitrogen and oxygen atoms in total. The molecule has 0 fully saturated rings. The molecule has 2 N–H and O–H groups in total. The van der Waals surface area contributed by atoms with E-state index < -0.39 is 0 Å². The van der Waals surface area contributed by atoms with Gasteiger partial charge in [0.2, 0.25) is 5.89 Å². The smallest absolute Gasteiger partial charge is 0.315 e. The van der Waals surface area contributed by atoms with Crippen molar-refractivity contribution in [2.75, 3.05) is 11.9 Å². The van der Waals surface area contributed by atoms with Gasteiger partial charge in [-0.3, -0.25) is 0 Å². The summed E-state index contributed by atoms with van der Waals surface area (Å²) in [6.07, 6.45) is 3.40. The van der Waals surface area contributed by atoms with Crippen LogP contribution in [0.1, 0.15) is 65.8 Å². The predicted molar refractivity (Wildman–Crippen MR) is 78.2 cm³/mol. The highest BCUT2D eigenvalue weighted by molar-refractivity contribution is 5.19. The lowest BCUT2D eigenvalue weighted by Crippen LogP contribution is -2.19. The molecule has 0 aliphatic heterocycles. The monoisotopic (exact) mass is 268 g/mol. The summed E-state index contributed by atoms with van der Waals surface area (Å²) in [6.45, 7) is 11.7. The summed E-state index contributed by atoms with van der Waals surface area (Å²) in [6, 6.07) is 0.978. The second kappa shape index (κ2) is 8.15. The van der Waals surface area contributed by atoms with E-state index in [9.17, 15) is 0 Å². The van der Waals surface area contributed by atoms with E-state index in [4.69, 9.17) is 4.42 Å². The topological polar surface area (TPSA) is 63.0 Å². The maximum absolute atomic E-state index is 5.63. The number of nitrogens with one attached hydrogen (secondary N) is 2. The third-order valence-corrected chi connectivity index (χ3v) is 3.33. The van der Waals surface area contributed by atoms with Crippen molar-refractivity contribution in [2.24, 2.45) is 5.92 Å². The van der Waals surface area contributed by atoms with Crippen LogP contribution < -0.4 is 10.6 Å². The second-order valence-corrected chi connectivity index (χ2v) is 5.42. The third kappa shape index (κ3) is 5.59. The normalized spacial score (nSPS) is 16.1. The van der Waals surface area contributed by atoms with Gasteiger partial charge in [0.05, 0.1) is 6.04 Å². The Labute approximate surface area is 116 Å². The number of hydrogen-bond donors (Lipinski definition) is 2. The van der Waals surface area contributed by atoms with Crippen LogP contribution in [0.3, 0.4) is 0 Å². The molecule has 0 aromatic carbocycles. The van der Waals surface area contributed by atoms with Crippen molar-refractivity contribution in [1.29, 1.82) is 0 Å². The van der Waals surface area contributed by atoms with Gasteiger partial charge in [-0.25, -0.2) is 0 Å². The van der Waals surface area contributed by atoms with Crippen molar-refractivity contribution >= 4 is 6.01 Å². The molecule has 1 aromatic rings. The van der Waals surface area contributed by atoms with E-state index in [-0.39, 0.29) is 6.04 Å². The molecule has 19 heavy (non-hydrogen) atoms. The summed E-state index contributed by atoms with van der Waals surface area (Å²) in [5.74, 6) is 1.35. The Balaban J connectivity index is 2.45. The van der Waals surface area contributed by atoms with E-state index in [0.29, 0.717) is 23.9 Å². The van der Waals surface area contributed by atoms with Gasteiger partial charge in [0, 0.05) is 6.04 Å². The molecule has 1 heterocycles. The maximum Gasteiger partial charge on any atom is 0.315 e. The molecule has 1 aromatic heterocycles. The molecular weight excluding hydrogens is 240 g/mol. The molecule has 0 saturated heterocycles. The van der Waals surface area contributed by atoms with E-state index in [0.717, 1.165) is 19.4 Å². The molecule has 0 spiro atoms. The Morgan fingerprint density at radius 2 is 1.89 bits per heavy atom. The highest BCUT2D eigenvalue weighted by atomic mass is 16.4. The lowest BCUT2D eigenvalue weighted by Gasteiger charge is -2.15. The lowest BCUT2D eigenvalue weighted by atomic mass is 10.0. The number of hydrogen-bond acceptors (Lipinski definition) is 5. The van der Waals surface area contributed by atoms with Gasteiger partial charge in [-0.2, -0.15) is 0 Å². The number of nitrogens with zero attached hydrogens (tertiary/aromatic N) is 2. The highest BCUT2D eigenvalue weighted by Crippen LogP contribution is 2.17. The molecule has 5 heteroatoms. The van der Waals surface area contributed by atoms with Crippen LogP contribution in [0.5, 0.6) is 0 Å². The van der Waals surface area contributed by atoms with Gasteiger partial charge < -0.3 is 15.1 Å². The molecule has 1 rings (SSSR count). The zero-order chi connectivity index (χ0) is 14.3. The van der Waals surface area contributed by atoms with Gasteiger partial charge in [0.1, 0.15) is 0 Å². The van der Waals surface area contributed by atoms with Gasteiger partial charge in [0.25, 0.3) is 0 Å². The Hall–Kier alpha value is -1.10. The minimum Gasteiger partial charge on any atom is -0.406 e. The predicted octanol–water partition coefficient (Wildman–Crippen LogP) is 3.37. The summed E-state index contributed by atoms with van der Waals surface area (Å²) >= 11 is 0. The summed E-state index contributed by atoms with van der Waals surface area (Å²) in [5.41, 5.74) is 0. The van der Waals surface area contributed by atoms with Crippen LogP contribution in [0.15, 0.2) is 4.42 Å². The van der Waals surface area contributed by atoms with Gasteiger partial charge in [-0.1, -0.05) is 32.3 Å². The first kappa shape index (κ1) is 16.0. The highest BCUT2D eigenvalue weighted by Gasteiger charge is 2.15. The Kier molecular flexibility index (Phi) is 6.84. The lowest BCUT2D eigenvalue weighted by molar-refractivity contribution is 0.416. The molecule has 0 bridgehead atoms. The minimum atomic E-state index is 0.105. The average Bonchev–Trinajstić information content (AvgIpc) is 2.84. The van der Waals surface area contributed by atoms with Crippen LogP contribution in [0.4, 0.5) is 6.01 Å². The fraction of sp³-hybridized carbons (Fsp3) is 0.857. The van der Waals surface area contributed by atoms with Crippen molar-refractivity contribution < 1.29 is 4.42 Å². The zero-order valence-electron chi connectivity index (χ0n) is 12.9. The van der Waals surface area contributed by atoms with Crippen LogP contribution in [-0.2, 0) is 0 Å². The first-order chi connectivity index (χ1) is 9.06. The molecule has 0 radical (unpaired) electrons. The molecule has 3 atom stereocenters. The average molecular weight is 268 g/mol. The largest absolute Gasteiger partial charge is 0.406 e. The Morgan fingerprint density at radius 3 is 2.53 bits per heavy atom. The van der Waals surface area contributed by atoms with Gasteiger partial charge in [-0.05, 0) is 39.2 Å². The van der Waals surface area contributed by atoms with Crippen molar-refractivity contribution in [3.05, 3.63) is 5.89 Å². The standard InChI is InChI=1S/C14H28N4O/c1-6-8-15-12(5)13-17-18-14(19-13)16-11(4)9-10(3)7-2/h10-12,15H,6-9H2,1-5H3,(H,16,18). The van der Waals surface area contributed by atoms with E-state index in [1.165, 1.54) is 6.42 Å². The minimum absolute atomic E-state index is 0.105. The van der Waals surface area contributed by atoms with E-state index >= 15 is 0 Å². The third-order valence-electron chi connectivity index (χ3n) is 3.33. The van der Waals surface area contributed by atoms with Crippen molar-refractivity contribution in [3.8, 4) is 0 Å². The number of rotatable bonds is 9. The van der Waals surface area contributed by atoms with E-state index in [2.05, 4.69) is 48.5 Å². The van der Waals surface area contributed by atoms with Gasteiger partial charge in [0.15, 0.2) is 0 Å². The molecular formula is C14H28N4O.